The van der Waals surface area contributed by atoms with E-state index >= 15 is 0 Å². The predicted octanol–water partition coefficient (Wildman–Crippen LogP) is 2.99. The first kappa shape index (κ1) is 17.0. The van der Waals surface area contributed by atoms with Crippen molar-refractivity contribution >= 4 is 17.7 Å². The Balaban J connectivity index is 1.95. The number of ether oxygens (including phenoxy) is 1. The minimum absolute atomic E-state index is 0.282. The smallest absolute Gasteiger partial charge is 0.193 e. The molecule has 1 aromatic rings. The van der Waals surface area contributed by atoms with E-state index in [0.717, 1.165) is 37.1 Å². The van der Waals surface area contributed by atoms with E-state index in [1.165, 1.54) is 5.56 Å². The lowest BCUT2D eigenvalue weighted by Gasteiger charge is -2.39. The van der Waals surface area contributed by atoms with Crippen molar-refractivity contribution in [3.8, 4) is 5.75 Å². The highest BCUT2D eigenvalue weighted by Crippen LogP contribution is 2.29. The van der Waals surface area contributed by atoms with Gasteiger partial charge in [0, 0.05) is 37.2 Å². The monoisotopic (exact) mass is 321 g/mol. The molecule has 1 N–H and O–H groups in total. The van der Waals surface area contributed by atoms with Crippen LogP contribution in [0.25, 0.3) is 0 Å². The lowest BCUT2D eigenvalue weighted by molar-refractivity contribution is 0.340. The van der Waals surface area contributed by atoms with Gasteiger partial charge in [0.1, 0.15) is 5.75 Å². The van der Waals surface area contributed by atoms with Crippen LogP contribution >= 0.6 is 11.8 Å². The molecule has 0 spiro atoms. The Morgan fingerprint density at radius 1 is 1.45 bits per heavy atom. The summed E-state index contributed by atoms with van der Waals surface area (Å²) >= 11 is 2.03. The molecule has 5 heteroatoms. The second-order valence-corrected chi connectivity index (χ2v) is 7.81. The fourth-order valence-electron chi connectivity index (χ4n) is 2.62. The molecule has 1 saturated heterocycles. The molecule has 0 radical (unpaired) electrons. The summed E-state index contributed by atoms with van der Waals surface area (Å²) in [7, 11) is 1.85. The lowest BCUT2D eigenvalue weighted by atomic mass is 10.2. The summed E-state index contributed by atoms with van der Waals surface area (Å²) in [6, 6.07) is 8.22. The van der Waals surface area contributed by atoms with Gasteiger partial charge < -0.3 is 15.0 Å². The van der Waals surface area contributed by atoms with Gasteiger partial charge in [-0.1, -0.05) is 12.1 Å². The molecule has 4 nitrogen and oxygen atoms in total. The minimum Gasteiger partial charge on any atom is -0.494 e. The molecule has 1 heterocycles. The fraction of sp³-hybridized carbons (Fsp3) is 0.588. The van der Waals surface area contributed by atoms with Gasteiger partial charge in [-0.25, -0.2) is 0 Å². The van der Waals surface area contributed by atoms with Gasteiger partial charge in [-0.3, -0.25) is 4.99 Å². The van der Waals surface area contributed by atoms with Gasteiger partial charge in [0.25, 0.3) is 0 Å². The standard InChI is InChI=1S/C17H27N3OS/c1-5-21-15-8-6-7-14(11-15)12-19-16(18-4)20-9-10-22-17(2,3)13-20/h6-8,11H,5,9-10,12-13H2,1-4H3,(H,18,19). The fourth-order valence-corrected chi connectivity index (χ4v) is 3.73. The lowest BCUT2D eigenvalue weighted by Crippen LogP contribution is -2.50. The topological polar surface area (TPSA) is 36.9 Å². The van der Waals surface area contributed by atoms with E-state index < -0.39 is 0 Å². The molecule has 1 aliphatic heterocycles. The average Bonchev–Trinajstić information content (AvgIpc) is 2.48. The average molecular weight is 321 g/mol. The maximum atomic E-state index is 5.55. The Kier molecular flexibility index (Phi) is 6.00. The van der Waals surface area contributed by atoms with Crippen molar-refractivity contribution in [3.05, 3.63) is 29.8 Å². The van der Waals surface area contributed by atoms with E-state index in [0.29, 0.717) is 6.61 Å². The largest absolute Gasteiger partial charge is 0.494 e. The van der Waals surface area contributed by atoms with Crippen molar-refractivity contribution in [1.29, 1.82) is 0 Å². The van der Waals surface area contributed by atoms with Gasteiger partial charge in [0.05, 0.1) is 6.61 Å². The van der Waals surface area contributed by atoms with Crippen LogP contribution in [0, 0.1) is 0 Å². The van der Waals surface area contributed by atoms with Crippen LogP contribution in [-0.2, 0) is 6.54 Å². The van der Waals surface area contributed by atoms with Crippen molar-refractivity contribution in [2.75, 3.05) is 32.5 Å². The van der Waals surface area contributed by atoms with Crippen molar-refractivity contribution in [2.24, 2.45) is 4.99 Å². The molecule has 1 aliphatic rings. The summed E-state index contributed by atoms with van der Waals surface area (Å²) in [6.07, 6.45) is 0. The van der Waals surface area contributed by atoms with Crippen LogP contribution in [0.3, 0.4) is 0 Å². The molecular weight excluding hydrogens is 294 g/mol. The van der Waals surface area contributed by atoms with E-state index in [9.17, 15) is 0 Å². The van der Waals surface area contributed by atoms with Gasteiger partial charge in [-0.05, 0) is 38.5 Å². The zero-order chi connectivity index (χ0) is 16.0. The Hall–Kier alpha value is -1.36. The number of rotatable bonds is 4. The van der Waals surface area contributed by atoms with E-state index in [-0.39, 0.29) is 4.75 Å². The van der Waals surface area contributed by atoms with Crippen LogP contribution in [0.15, 0.2) is 29.3 Å². The van der Waals surface area contributed by atoms with Crippen molar-refractivity contribution in [3.63, 3.8) is 0 Å². The molecule has 2 rings (SSSR count). The van der Waals surface area contributed by atoms with Gasteiger partial charge in [-0.15, -0.1) is 0 Å². The van der Waals surface area contributed by atoms with Crippen LogP contribution in [-0.4, -0.2) is 48.1 Å². The molecule has 0 atom stereocenters. The molecule has 0 saturated carbocycles. The minimum atomic E-state index is 0.282. The maximum Gasteiger partial charge on any atom is 0.193 e. The molecule has 1 fully saturated rings. The van der Waals surface area contributed by atoms with Crippen LogP contribution in [0.1, 0.15) is 26.3 Å². The highest BCUT2D eigenvalue weighted by atomic mass is 32.2. The zero-order valence-electron chi connectivity index (χ0n) is 14.1. The number of hydrogen-bond donors (Lipinski definition) is 1. The molecule has 0 bridgehead atoms. The summed E-state index contributed by atoms with van der Waals surface area (Å²) in [5.74, 6) is 3.05. The Labute approximate surface area is 138 Å². The van der Waals surface area contributed by atoms with Gasteiger partial charge in [-0.2, -0.15) is 11.8 Å². The number of benzene rings is 1. The molecular formula is C17H27N3OS. The first-order valence-corrected chi connectivity index (χ1v) is 8.84. The Morgan fingerprint density at radius 3 is 2.95 bits per heavy atom. The third-order valence-electron chi connectivity index (χ3n) is 3.60. The molecule has 0 unspecified atom stereocenters. The van der Waals surface area contributed by atoms with E-state index in [1.54, 1.807) is 0 Å². The number of nitrogens with one attached hydrogen (secondary N) is 1. The predicted molar refractivity (Wildman–Crippen MR) is 95.9 cm³/mol. The van der Waals surface area contributed by atoms with E-state index in [1.807, 2.05) is 37.9 Å². The maximum absolute atomic E-state index is 5.55. The van der Waals surface area contributed by atoms with Gasteiger partial charge in [0.15, 0.2) is 5.96 Å². The highest BCUT2D eigenvalue weighted by Gasteiger charge is 2.28. The number of nitrogens with zero attached hydrogens (tertiary/aromatic N) is 2. The quantitative estimate of drug-likeness (QED) is 0.683. The SMILES string of the molecule is CCOc1cccc(CNC(=NC)N2CCSC(C)(C)C2)c1. The molecule has 22 heavy (non-hydrogen) atoms. The van der Waals surface area contributed by atoms with Crippen LogP contribution in [0.5, 0.6) is 5.75 Å². The highest BCUT2D eigenvalue weighted by molar-refractivity contribution is 8.00. The molecule has 0 aromatic heterocycles. The Morgan fingerprint density at radius 2 is 2.27 bits per heavy atom. The summed E-state index contributed by atoms with van der Waals surface area (Å²) in [5.41, 5.74) is 1.21. The van der Waals surface area contributed by atoms with Crippen LogP contribution < -0.4 is 10.1 Å². The third-order valence-corrected chi connectivity index (χ3v) is 4.89. The zero-order valence-corrected chi connectivity index (χ0v) is 14.9. The first-order valence-electron chi connectivity index (χ1n) is 7.85. The molecule has 0 amide bonds. The van der Waals surface area contributed by atoms with E-state index in [2.05, 4.69) is 41.2 Å². The van der Waals surface area contributed by atoms with Gasteiger partial charge in [0.2, 0.25) is 0 Å². The number of aliphatic imine (C=N–C) groups is 1. The summed E-state index contributed by atoms with van der Waals surface area (Å²) in [6.45, 7) is 10.1. The van der Waals surface area contributed by atoms with Crippen molar-refractivity contribution in [2.45, 2.75) is 32.1 Å². The number of guanidine groups is 1. The number of hydrogen-bond acceptors (Lipinski definition) is 3. The Bertz CT molecular complexity index is 516. The molecule has 0 aliphatic carbocycles. The number of thioether (sulfide) groups is 1. The normalized spacial score (nSPS) is 18.2. The second-order valence-electron chi connectivity index (χ2n) is 6.01. The first-order chi connectivity index (χ1) is 10.5. The molecule has 1 aromatic carbocycles. The van der Waals surface area contributed by atoms with Crippen LogP contribution in [0.2, 0.25) is 0 Å². The molecule has 122 valence electrons. The van der Waals surface area contributed by atoms with Crippen molar-refractivity contribution in [1.82, 2.24) is 10.2 Å². The van der Waals surface area contributed by atoms with Crippen LogP contribution in [0.4, 0.5) is 0 Å². The second kappa shape index (κ2) is 7.77. The summed E-state index contributed by atoms with van der Waals surface area (Å²) < 4.78 is 5.83. The van der Waals surface area contributed by atoms with Gasteiger partial charge >= 0.3 is 0 Å². The third kappa shape index (κ3) is 4.83. The van der Waals surface area contributed by atoms with E-state index in [4.69, 9.17) is 4.74 Å². The van der Waals surface area contributed by atoms with Crippen molar-refractivity contribution < 1.29 is 4.74 Å². The summed E-state index contributed by atoms with van der Waals surface area (Å²) in [5, 5.41) is 3.47. The summed E-state index contributed by atoms with van der Waals surface area (Å²) in [4.78, 5) is 6.79.